The van der Waals surface area contributed by atoms with Gasteiger partial charge in [0.2, 0.25) is 0 Å². The number of hydrogen-bond acceptors (Lipinski definition) is 3. The zero-order chi connectivity index (χ0) is 17.9. The van der Waals surface area contributed by atoms with Gasteiger partial charge in [0.1, 0.15) is 0 Å². The molecule has 1 N–H and O–H groups in total. The minimum atomic E-state index is -0.516. The number of fused-ring (bicyclic) bond motifs is 3. The molecule has 0 radical (unpaired) electrons. The molecule has 5 atom stereocenters. The first-order valence-corrected chi connectivity index (χ1v) is 9.55. The van der Waals surface area contributed by atoms with Crippen molar-refractivity contribution < 1.29 is 14.6 Å². The van der Waals surface area contributed by atoms with Crippen LogP contribution in [-0.4, -0.2) is 24.3 Å². The van der Waals surface area contributed by atoms with Crippen molar-refractivity contribution in [2.75, 3.05) is 7.11 Å². The number of carbonyl (C=O) groups excluding carboxylic acids is 1. The summed E-state index contributed by atoms with van der Waals surface area (Å²) in [5.41, 5.74) is 1.96. The summed E-state index contributed by atoms with van der Waals surface area (Å²) in [5.74, 6) is 0.772. The van der Waals surface area contributed by atoms with E-state index in [1.807, 2.05) is 6.92 Å². The quantitative estimate of drug-likeness (QED) is 0.719. The maximum absolute atomic E-state index is 12.6. The van der Waals surface area contributed by atoms with E-state index in [0.29, 0.717) is 17.3 Å². The van der Waals surface area contributed by atoms with Crippen LogP contribution < -0.4 is 0 Å². The Bertz CT molecular complexity index is 576. The number of aliphatic hydroxyl groups excluding tert-OH is 1. The molecule has 0 aromatic carbocycles. The first-order valence-electron chi connectivity index (χ1n) is 9.55. The van der Waals surface area contributed by atoms with E-state index in [1.54, 1.807) is 0 Å². The summed E-state index contributed by atoms with van der Waals surface area (Å²) in [6.45, 7) is 11.4. The Balaban J connectivity index is 2.11. The zero-order valence-corrected chi connectivity index (χ0v) is 16.2. The van der Waals surface area contributed by atoms with Crippen LogP contribution in [0, 0.1) is 28.1 Å². The molecule has 3 heteroatoms. The van der Waals surface area contributed by atoms with Crippen molar-refractivity contribution in [1.29, 1.82) is 0 Å². The number of hydrogen-bond donors (Lipinski definition) is 1. The maximum Gasteiger partial charge on any atom is 0.334 e. The molecule has 0 bridgehead atoms. The van der Waals surface area contributed by atoms with Crippen LogP contribution >= 0.6 is 0 Å². The van der Waals surface area contributed by atoms with Gasteiger partial charge in [-0.05, 0) is 67.3 Å². The lowest BCUT2D eigenvalue weighted by atomic mass is 9.40. The lowest BCUT2D eigenvalue weighted by Crippen LogP contribution is -2.58. The number of esters is 1. The van der Waals surface area contributed by atoms with E-state index < -0.39 is 6.10 Å². The number of ether oxygens (including phenoxy) is 1. The second-order valence-corrected chi connectivity index (χ2v) is 9.71. The lowest BCUT2D eigenvalue weighted by molar-refractivity contribution is -0.151. The van der Waals surface area contributed by atoms with E-state index in [2.05, 4.69) is 27.7 Å². The third kappa shape index (κ3) is 2.30. The summed E-state index contributed by atoms with van der Waals surface area (Å²) in [7, 11) is 1.46. The largest absolute Gasteiger partial charge is 0.466 e. The van der Waals surface area contributed by atoms with Gasteiger partial charge < -0.3 is 9.84 Å². The number of aliphatic hydroxyl groups is 1. The first-order chi connectivity index (χ1) is 11.1. The molecule has 0 saturated heterocycles. The van der Waals surface area contributed by atoms with Gasteiger partial charge in [-0.3, -0.25) is 0 Å². The van der Waals surface area contributed by atoms with Gasteiger partial charge in [0, 0.05) is 11.0 Å². The minimum Gasteiger partial charge on any atom is -0.466 e. The molecule has 0 unspecified atom stereocenters. The molecule has 3 aliphatic carbocycles. The summed E-state index contributed by atoms with van der Waals surface area (Å²) in [6.07, 6.45) is 6.21. The van der Waals surface area contributed by atoms with Crippen LogP contribution in [0.4, 0.5) is 0 Å². The van der Waals surface area contributed by atoms with Gasteiger partial charge in [-0.15, -0.1) is 0 Å². The molecule has 2 saturated carbocycles. The Morgan fingerprint density at radius 1 is 1.12 bits per heavy atom. The van der Waals surface area contributed by atoms with Crippen LogP contribution in [0.2, 0.25) is 0 Å². The number of rotatable bonds is 1. The molecular weight excluding hydrogens is 300 g/mol. The number of carbonyl (C=O) groups is 1. The predicted octanol–water partition coefficient (Wildman–Crippen LogP) is 4.49. The normalized spacial score (nSPS) is 44.5. The van der Waals surface area contributed by atoms with E-state index in [1.165, 1.54) is 32.8 Å². The van der Waals surface area contributed by atoms with Crippen LogP contribution in [0.15, 0.2) is 11.1 Å². The summed E-state index contributed by atoms with van der Waals surface area (Å²) in [4.78, 5) is 12.6. The summed E-state index contributed by atoms with van der Waals surface area (Å²) in [5, 5.41) is 10.7. The van der Waals surface area contributed by atoms with Gasteiger partial charge in [-0.2, -0.15) is 0 Å². The molecule has 3 nitrogen and oxygen atoms in total. The first kappa shape index (κ1) is 18.0. The van der Waals surface area contributed by atoms with Crippen LogP contribution in [-0.2, 0) is 9.53 Å². The van der Waals surface area contributed by atoms with Crippen LogP contribution in [0.1, 0.15) is 73.1 Å². The Labute approximate surface area is 146 Å². The van der Waals surface area contributed by atoms with E-state index in [9.17, 15) is 9.90 Å². The third-order valence-electron chi connectivity index (χ3n) is 8.11. The van der Waals surface area contributed by atoms with E-state index in [0.717, 1.165) is 24.0 Å². The molecule has 0 aromatic rings. The van der Waals surface area contributed by atoms with Crippen molar-refractivity contribution >= 4 is 5.97 Å². The van der Waals surface area contributed by atoms with Crippen molar-refractivity contribution in [3.05, 3.63) is 11.1 Å². The van der Waals surface area contributed by atoms with Crippen LogP contribution in [0.5, 0.6) is 0 Å². The SMILES string of the molecule is COC(=O)C1=C(C)[C@@H](O)C[C@@H]2[C@@]3(C)CCCC(C)(C)[C@@H]3CC[C@@]12C. The fraction of sp³-hybridized carbons (Fsp3) is 0.857. The van der Waals surface area contributed by atoms with E-state index in [4.69, 9.17) is 4.74 Å². The molecule has 0 spiro atoms. The molecule has 0 aromatic heterocycles. The highest BCUT2D eigenvalue weighted by Crippen LogP contribution is 2.68. The van der Waals surface area contributed by atoms with E-state index in [-0.39, 0.29) is 16.8 Å². The topological polar surface area (TPSA) is 46.5 Å². The molecule has 2 fully saturated rings. The molecular formula is C21H34O3. The van der Waals surface area contributed by atoms with Crippen molar-refractivity contribution in [2.24, 2.45) is 28.1 Å². The van der Waals surface area contributed by atoms with Gasteiger partial charge in [0.25, 0.3) is 0 Å². The molecule has 3 rings (SSSR count). The Morgan fingerprint density at radius 3 is 2.42 bits per heavy atom. The van der Waals surface area contributed by atoms with E-state index >= 15 is 0 Å². The van der Waals surface area contributed by atoms with Crippen LogP contribution in [0.25, 0.3) is 0 Å². The lowest BCUT2D eigenvalue weighted by Gasteiger charge is -2.64. The highest BCUT2D eigenvalue weighted by molar-refractivity contribution is 5.91. The molecule has 24 heavy (non-hydrogen) atoms. The van der Waals surface area contributed by atoms with Crippen molar-refractivity contribution in [3.8, 4) is 0 Å². The van der Waals surface area contributed by atoms with Crippen molar-refractivity contribution in [3.63, 3.8) is 0 Å². The number of methoxy groups -OCH3 is 1. The standard InChI is InChI=1S/C21H34O3/c1-13-14(22)12-16-20(4)10-7-9-19(2,3)15(20)8-11-21(16,5)17(13)18(23)24-6/h14-16,22H,7-12H2,1-6H3/t14-,15-,16+,20-,21+/m0/s1. The molecule has 0 amide bonds. The molecule has 3 aliphatic rings. The molecule has 0 heterocycles. The van der Waals surface area contributed by atoms with Crippen LogP contribution in [0.3, 0.4) is 0 Å². The van der Waals surface area contributed by atoms with Gasteiger partial charge in [0.05, 0.1) is 13.2 Å². The second kappa shape index (κ2) is 5.59. The van der Waals surface area contributed by atoms with Gasteiger partial charge >= 0.3 is 5.97 Å². The summed E-state index contributed by atoms with van der Waals surface area (Å²) >= 11 is 0. The fourth-order valence-electron chi connectivity index (χ4n) is 6.99. The Hall–Kier alpha value is -0.830. The average Bonchev–Trinajstić information content (AvgIpc) is 2.48. The third-order valence-corrected chi connectivity index (χ3v) is 8.11. The zero-order valence-electron chi connectivity index (χ0n) is 16.2. The van der Waals surface area contributed by atoms with Gasteiger partial charge in [0.15, 0.2) is 0 Å². The average molecular weight is 335 g/mol. The maximum atomic E-state index is 12.6. The minimum absolute atomic E-state index is 0.172. The van der Waals surface area contributed by atoms with Gasteiger partial charge in [-0.1, -0.05) is 34.1 Å². The summed E-state index contributed by atoms with van der Waals surface area (Å²) < 4.78 is 5.12. The van der Waals surface area contributed by atoms with Crippen molar-refractivity contribution in [2.45, 2.75) is 79.2 Å². The Kier molecular flexibility index (Phi) is 4.18. The molecule has 136 valence electrons. The molecule has 0 aliphatic heterocycles. The fourth-order valence-corrected chi connectivity index (χ4v) is 6.99. The van der Waals surface area contributed by atoms with Crippen molar-refractivity contribution in [1.82, 2.24) is 0 Å². The second-order valence-electron chi connectivity index (χ2n) is 9.71. The smallest absolute Gasteiger partial charge is 0.334 e. The van der Waals surface area contributed by atoms with Gasteiger partial charge in [-0.25, -0.2) is 4.79 Å². The Morgan fingerprint density at radius 2 is 1.79 bits per heavy atom. The summed E-state index contributed by atoms with van der Waals surface area (Å²) in [6, 6.07) is 0. The highest BCUT2D eigenvalue weighted by Gasteiger charge is 2.61. The predicted molar refractivity (Wildman–Crippen MR) is 95.4 cm³/mol. The highest BCUT2D eigenvalue weighted by atomic mass is 16.5. The monoisotopic (exact) mass is 334 g/mol.